The molecule has 0 bridgehead atoms. The minimum absolute atomic E-state index is 0.157. The van der Waals surface area contributed by atoms with Gasteiger partial charge in [-0.3, -0.25) is 9.59 Å². The molecule has 1 N–H and O–H groups in total. The van der Waals surface area contributed by atoms with Crippen molar-refractivity contribution in [3.05, 3.63) is 99.6 Å². The Kier molecular flexibility index (Phi) is 6.94. The number of hydrogen-bond acceptors (Lipinski definition) is 3. The van der Waals surface area contributed by atoms with Crippen LogP contribution in [0.3, 0.4) is 0 Å². The van der Waals surface area contributed by atoms with Crippen molar-refractivity contribution in [1.29, 1.82) is 0 Å². The van der Waals surface area contributed by atoms with Gasteiger partial charge in [0.1, 0.15) is 17.9 Å². The SMILES string of the molecule is CCc1ccc(CC2(C)Cc3cc(C(=O)N(CC(=O)O)Cc4cccc(Cl)c4)ccc3O2)cc1. The molecule has 1 atom stereocenters. The smallest absolute Gasteiger partial charge is 0.323 e. The minimum Gasteiger partial charge on any atom is -0.487 e. The van der Waals surface area contributed by atoms with Crippen LogP contribution >= 0.6 is 11.6 Å². The zero-order valence-electron chi connectivity index (χ0n) is 19.4. The number of halogens is 1. The van der Waals surface area contributed by atoms with E-state index in [1.807, 2.05) is 18.2 Å². The minimum atomic E-state index is -1.07. The van der Waals surface area contributed by atoms with Crippen LogP contribution in [-0.4, -0.2) is 34.0 Å². The van der Waals surface area contributed by atoms with Crippen LogP contribution in [-0.2, 0) is 30.6 Å². The largest absolute Gasteiger partial charge is 0.487 e. The molecule has 0 aromatic heterocycles. The molecule has 5 nitrogen and oxygen atoms in total. The third-order valence-electron chi connectivity index (χ3n) is 6.11. The molecule has 1 amide bonds. The highest BCUT2D eigenvalue weighted by Gasteiger charge is 2.35. The average Bonchev–Trinajstić information content (AvgIpc) is 3.13. The number of aryl methyl sites for hydroxylation is 1. The molecule has 0 fully saturated rings. The maximum Gasteiger partial charge on any atom is 0.323 e. The van der Waals surface area contributed by atoms with E-state index in [-0.39, 0.29) is 12.5 Å². The van der Waals surface area contributed by atoms with E-state index in [1.165, 1.54) is 16.0 Å². The molecule has 3 aromatic rings. The van der Waals surface area contributed by atoms with Crippen LogP contribution in [0.5, 0.6) is 5.75 Å². The number of carbonyl (C=O) groups excluding carboxylic acids is 1. The second-order valence-corrected chi connectivity index (χ2v) is 9.52. The van der Waals surface area contributed by atoms with E-state index in [0.717, 1.165) is 29.7 Å². The van der Waals surface area contributed by atoms with Crippen molar-refractivity contribution in [2.24, 2.45) is 0 Å². The molecular formula is C28H28ClNO4. The first-order valence-corrected chi connectivity index (χ1v) is 11.8. The Hall–Kier alpha value is -3.31. The monoisotopic (exact) mass is 477 g/mol. The second-order valence-electron chi connectivity index (χ2n) is 9.08. The third-order valence-corrected chi connectivity index (χ3v) is 6.35. The first-order valence-electron chi connectivity index (χ1n) is 11.4. The molecule has 0 saturated heterocycles. The van der Waals surface area contributed by atoms with E-state index >= 15 is 0 Å². The second kappa shape index (κ2) is 9.90. The van der Waals surface area contributed by atoms with E-state index in [2.05, 4.69) is 38.1 Å². The summed E-state index contributed by atoms with van der Waals surface area (Å²) in [5, 5.41) is 9.91. The van der Waals surface area contributed by atoms with Crippen LogP contribution in [0, 0.1) is 0 Å². The summed E-state index contributed by atoms with van der Waals surface area (Å²) >= 11 is 6.06. The Morgan fingerprint density at radius 1 is 1.03 bits per heavy atom. The quantitative estimate of drug-likeness (QED) is 0.461. The van der Waals surface area contributed by atoms with Crippen molar-refractivity contribution in [3.8, 4) is 5.75 Å². The van der Waals surface area contributed by atoms with Gasteiger partial charge in [-0.05, 0) is 65.9 Å². The Labute approximate surface area is 204 Å². The number of carboxylic acids is 1. The van der Waals surface area contributed by atoms with Crippen LogP contribution in [0.25, 0.3) is 0 Å². The number of aliphatic carboxylic acids is 1. The summed E-state index contributed by atoms with van der Waals surface area (Å²) in [4.78, 5) is 26.0. The number of benzene rings is 3. The van der Waals surface area contributed by atoms with Gasteiger partial charge in [0.05, 0.1) is 0 Å². The van der Waals surface area contributed by atoms with Crippen molar-refractivity contribution in [2.45, 2.75) is 45.3 Å². The van der Waals surface area contributed by atoms with Gasteiger partial charge in [-0.1, -0.05) is 54.9 Å². The number of ether oxygens (including phenoxy) is 1. The van der Waals surface area contributed by atoms with Gasteiger partial charge in [0.15, 0.2) is 0 Å². The molecule has 1 heterocycles. The van der Waals surface area contributed by atoms with Gasteiger partial charge in [0.25, 0.3) is 5.91 Å². The number of carboxylic acid groups (broad SMARTS) is 1. The van der Waals surface area contributed by atoms with Gasteiger partial charge in [-0.25, -0.2) is 0 Å². The fourth-order valence-corrected chi connectivity index (χ4v) is 4.69. The Bertz CT molecular complexity index is 1210. The molecule has 0 aliphatic carbocycles. The average molecular weight is 478 g/mol. The van der Waals surface area contributed by atoms with Crippen LogP contribution in [0.2, 0.25) is 5.02 Å². The van der Waals surface area contributed by atoms with Crippen molar-refractivity contribution in [3.63, 3.8) is 0 Å². The predicted molar refractivity (Wildman–Crippen MR) is 133 cm³/mol. The van der Waals surface area contributed by atoms with Crippen molar-refractivity contribution in [1.82, 2.24) is 4.90 Å². The van der Waals surface area contributed by atoms with E-state index in [1.54, 1.807) is 24.3 Å². The number of carbonyl (C=O) groups is 2. The Morgan fingerprint density at radius 3 is 2.44 bits per heavy atom. The van der Waals surface area contributed by atoms with E-state index in [9.17, 15) is 14.7 Å². The highest BCUT2D eigenvalue weighted by atomic mass is 35.5. The maximum absolute atomic E-state index is 13.3. The van der Waals surface area contributed by atoms with Crippen LogP contribution in [0.1, 0.15) is 46.5 Å². The maximum atomic E-state index is 13.3. The summed E-state index contributed by atoms with van der Waals surface area (Å²) in [5.74, 6) is -0.640. The number of nitrogens with zero attached hydrogens (tertiary/aromatic N) is 1. The Balaban J connectivity index is 1.51. The summed E-state index contributed by atoms with van der Waals surface area (Å²) in [7, 11) is 0. The lowest BCUT2D eigenvalue weighted by molar-refractivity contribution is -0.137. The topological polar surface area (TPSA) is 66.8 Å². The summed E-state index contributed by atoms with van der Waals surface area (Å²) in [6.07, 6.45) is 2.44. The Morgan fingerprint density at radius 2 is 1.76 bits per heavy atom. The lowest BCUT2D eigenvalue weighted by atomic mass is 9.91. The molecule has 4 rings (SSSR count). The number of hydrogen-bond donors (Lipinski definition) is 1. The normalized spacial score (nSPS) is 16.6. The molecular weight excluding hydrogens is 450 g/mol. The molecule has 176 valence electrons. The zero-order valence-corrected chi connectivity index (χ0v) is 20.1. The van der Waals surface area contributed by atoms with Crippen molar-refractivity contribution >= 4 is 23.5 Å². The van der Waals surface area contributed by atoms with Gasteiger partial charge >= 0.3 is 5.97 Å². The molecule has 1 aliphatic rings. The molecule has 1 unspecified atom stereocenters. The molecule has 0 saturated carbocycles. The van der Waals surface area contributed by atoms with Crippen LogP contribution in [0.15, 0.2) is 66.7 Å². The molecule has 1 aliphatic heterocycles. The number of rotatable bonds is 8. The highest BCUT2D eigenvalue weighted by Crippen LogP contribution is 2.37. The van der Waals surface area contributed by atoms with Crippen molar-refractivity contribution < 1.29 is 19.4 Å². The van der Waals surface area contributed by atoms with Crippen LogP contribution < -0.4 is 4.74 Å². The standard InChI is InChI=1S/C28H28ClNO4/c1-3-19-7-9-20(10-8-19)15-28(2)16-23-14-22(11-12-25(23)34-28)27(33)30(18-26(31)32)17-21-5-4-6-24(29)13-21/h4-14H,3,15-18H2,1-2H3,(H,31,32). The fourth-order valence-electron chi connectivity index (χ4n) is 4.48. The van der Waals surface area contributed by atoms with Gasteiger partial charge in [-0.2, -0.15) is 0 Å². The van der Waals surface area contributed by atoms with Gasteiger partial charge < -0.3 is 14.7 Å². The molecule has 3 aromatic carbocycles. The van der Waals surface area contributed by atoms with Gasteiger partial charge in [-0.15, -0.1) is 0 Å². The number of amides is 1. The van der Waals surface area contributed by atoms with E-state index < -0.39 is 18.1 Å². The first-order chi connectivity index (χ1) is 16.2. The van der Waals surface area contributed by atoms with E-state index in [0.29, 0.717) is 17.0 Å². The lowest BCUT2D eigenvalue weighted by Crippen LogP contribution is -2.35. The van der Waals surface area contributed by atoms with Gasteiger partial charge in [0.2, 0.25) is 0 Å². The number of fused-ring (bicyclic) bond motifs is 1. The zero-order chi connectivity index (χ0) is 24.3. The summed E-state index contributed by atoms with van der Waals surface area (Å²) < 4.78 is 6.29. The van der Waals surface area contributed by atoms with Crippen LogP contribution in [0.4, 0.5) is 0 Å². The van der Waals surface area contributed by atoms with Crippen molar-refractivity contribution in [2.75, 3.05) is 6.54 Å². The lowest BCUT2D eigenvalue weighted by Gasteiger charge is -2.24. The summed E-state index contributed by atoms with van der Waals surface area (Å²) in [5.41, 5.74) is 4.28. The molecule has 34 heavy (non-hydrogen) atoms. The van der Waals surface area contributed by atoms with E-state index in [4.69, 9.17) is 16.3 Å². The molecule has 0 radical (unpaired) electrons. The summed E-state index contributed by atoms with van der Waals surface area (Å²) in [6.45, 7) is 3.98. The molecule has 6 heteroatoms. The molecule has 0 spiro atoms. The van der Waals surface area contributed by atoms with Gasteiger partial charge in [0, 0.05) is 30.0 Å². The fraction of sp³-hybridized carbons (Fsp3) is 0.286. The summed E-state index contributed by atoms with van der Waals surface area (Å²) in [6, 6.07) is 21.0. The predicted octanol–water partition coefficient (Wildman–Crippen LogP) is 5.57. The highest BCUT2D eigenvalue weighted by molar-refractivity contribution is 6.30. The third kappa shape index (κ3) is 5.60. The first kappa shape index (κ1) is 23.8.